The molecule has 1 unspecified atom stereocenters. The van der Waals surface area contributed by atoms with Crippen LogP contribution in [-0.2, 0) is 11.3 Å². The number of furan rings is 1. The van der Waals surface area contributed by atoms with Crippen molar-refractivity contribution in [3.05, 3.63) is 114 Å². The Bertz CT molecular complexity index is 1560. The molecule has 7 heteroatoms. The standard InChI is InChI=1S/C27H19N3O4/c31-25(22-13-17-5-1-4-8-21(17)34-22)23-24(19-14-29-20-7-3-2-6-18(19)20)30(27(33)26(23)32)15-16-9-11-28-12-10-16/h1-14,24,29,32H,15H2. The van der Waals surface area contributed by atoms with Crippen LogP contribution in [0.5, 0.6) is 0 Å². The second-order valence-electron chi connectivity index (χ2n) is 8.22. The number of benzene rings is 2. The van der Waals surface area contributed by atoms with Gasteiger partial charge in [0.1, 0.15) is 5.58 Å². The predicted molar refractivity (Wildman–Crippen MR) is 126 cm³/mol. The van der Waals surface area contributed by atoms with Crippen LogP contribution in [-0.4, -0.2) is 31.7 Å². The van der Waals surface area contributed by atoms with Gasteiger partial charge in [0.25, 0.3) is 5.91 Å². The van der Waals surface area contributed by atoms with Crippen molar-refractivity contribution in [2.75, 3.05) is 0 Å². The highest BCUT2D eigenvalue weighted by Gasteiger charge is 2.45. The zero-order chi connectivity index (χ0) is 23.2. The summed E-state index contributed by atoms with van der Waals surface area (Å²) in [7, 11) is 0. The molecule has 1 aliphatic rings. The Balaban J connectivity index is 1.50. The molecule has 7 nitrogen and oxygen atoms in total. The van der Waals surface area contributed by atoms with Crippen LogP contribution in [0.25, 0.3) is 21.9 Å². The summed E-state index contributed by atoms with van der Waals surface area (Å²) in [6.45, 7) is 0.201. The summed E-state index contributed by atoms with van der Waals surface area (Å²) in [5, 5.41) is 12.6. The number of para-hydroxylation sites is 2. The van der Waals surface area contributed by atoms with Crippen molar-refractivity contribution in [2.24, 2.45) is 0 Å². The van der Waals surface area contributed by atoms with Gasteiger partial charge in [-0.2, -0.15) is 0 Å². The number of fused-ring (bicyclic) bond motifs is 2. The first-order chi connectivity index (χ1) is 16.6. The number of hydrogen-bond acceptors (Lipinski definition) is 5. The normalized spacial score (nSPS) is 16.2. The number of pyridine rings is 1. The minimum absolute atomic E-state index is 0.00265. The topological polar surface area (TPSA) is 99.4 Å². The van der Waals surface area contributed by atoms with Crippen molar-refractivity contribution < 1.29 is 19.1 Å². The van der Waals surface area contributed by atoms with Gasteiger partial charge in [0.05, 0.1) is 11.6 Å². The lowest BCUT2D eigenvalue weighted by Gasteiger charge is -2.26. The molecule has 0 saturated heterocycles. The summed E-state index contributed by atoms with van der Waals surface area (Å²) in [5.74, 6) is -1.61. The average molecular weight is 449 g/mol. The largest absolute Gasteiger partial charge is 0.503 e. The highest BCUT2D eigenvalue weighted by molar-refractivity contribution is 6.16. The Labute approximate surface area is 194 Å². The van der Waals surface area contributed by atoms with Crippen molar-refractivity contribution in [1.29, 1.82) is 0 Å². The maximum absolute atomic E-state index is 13.7. The van der Waals surface area contributed by atoms with E-state index in [-0.39, 0.29) is 17.9 Å². The smallest absolute Gasteiger partial charge is 0.290 e. The molecule has 1 aliphatic heterocycles. The quantitative estimate of drug-likeness (QED) is 0.364. The summed E-state index contributed by atoms with van der Waals surface area (Å²) < 4.78 is 5.79. The first-order valence-electron chi connectivity index (χ1n) is 10.8. The molecular formula is C27H19N3O4. The number of amides is 1. The third-order valence-corrected chi connectivity index (χ3v) is 6.22. The van der Waals surface area contributed by atoms with Crippen molar-refractivity contribution >= 4 is 33.6 Å². The summed E-state index contributed by atoms with van der Waals surface area (Å²) in [6.07, 6.45) is 5.07. The first-order valence-corrected chi connectivity index (χ1v) is 10.8. The average Bonchev–Trinajstić information content (AvgIpc) is 3.55. The molecular weight excluding hydrogens is 430 g/mol. The fourth-order valence-corrected chi connectivity index (χ4v) is 4.60. The van der Waals surface area contributed by atoms with Crippen LogP contribution in [0.2, 0.25) is 0 Å². The van der Waals surface area contributed by atoms with Gasteiger partial charge in [0, 0.05) is 47.0 Å². The Morgan fingerprint density at radius 3 is 2.65 bits per heavy atom. The highest BCUT2D eigenvalue weighted by atomic mass is 16.3. The molecule has 0 spiro atoms. The van der Waals surface area contributed by atoms with Gasteiger partial charge in [-0.05, 0) is 35.9 Å². The lowest BCUT2D eigenvalue weighted by molar-refractivity contribution is -0.130. The third kappa shape index (κ3) is 3.09. The minimum Gasteiger partial charge on any atom is -0.503 e. The molecule has 4 heterocycles. The Morgan fingerprint density at radius 1 is 1.06 bits per heavy atom. The molecule has 2 aromatic carbocycles. The summed E-state index contributed by atoms with van der Waals surface area (Å²) >= 11 is 0. The first kappa shape index (κ1) is 20.0. The van der Waals surface area contributed by atoms with Crippen LogP contribution in [0.4, 0.5) is 0 Å². The number of rotatable bonds is 5. The SMILES string of the molecule is O=C(C1=C(O)C(=O)N(Cc2ccncc2)C1c1c[nH]c2ccccc12)c1cc2ccccc2o1. The summed E-state index contributed by atoms with van der Waals surface area (Å²) in [4.78, 5) is 35.7. The molecule has 1 amide bonds. The number of aliphatic hydroxyl groups excluding tert-OH is 1. The van der Waals surface area contributed by atoms with Crippen molar-refractivity contribution in [3.8, 4) is 0 Å². The van der Waals surface area contributed by atoms with Gasteiger partial charge in [0.2, 0.25) is 5.78 Å². The summed E-state index contributed by atoms with van der Waals surface area (Å²) in [5.41, 5.74) is 2.99. The Kier molecular flexibility index (Phi) is 4.55. The Morgan fingerprint density at radius 2 is 1.82 bits per heavy atom. The molecule has 0 fully saturated rings. The number of nitrogens with one attached hydrogen (secondary N) is 1. The van der Waals surface area contributed by atoms with Gasteiger partial charge in [0.15, 0.2) is 11.5 Å². The number of aromatic amines is 1. The van der Waals surface area contributed by atoms with E-state index in [9.17, 15) is 14.7 Å². The molecule has 2 N–H and O–H groups in total. The van der Waals surface area contributed by atoms with E-state index >= 15 is 0 Å². The van der Waals surface area contributed by atoms with E-state index in [1.807, 2.05) is 42.5 Å². The number of ketones is 1. The number of hydrogen-bond donors (Lipinski definition) is 2. The lowest BCUT2D eigenvalue weighted by atomic mass is 9.94. The van der Waals surface area contributed by atoms with Gasteiger partial charge in [-0.15, -0.1) is 0 Å². The number of nitrogens with zero attached hydrogens (tertiary/aromatic N) is 2. The molecule has 3 aromatic heterocycles. The Hall–Kier alpha value is -4.65. The van der Waals surface area contributed by atoms with E-state index in [4.69, 9.17) is 4.42 Å². The molecule has 5 aromatic rings. The van der Waals surface area contributed by atoms with E-state index in [2.05, 4.69) is 9.97 Å². The molecule has 6 rings (SSSR count). The zero-order valence-corrected chi connectivity index (χ0v) is 17.9. The number of carbonyl (C=O) groups excluding carboxylic acids is 2. The van der Waals surface area contributed by atoms with Crippen molar-refractivity contribution in [3.63, 3.8) is 0 Å². The van der Waals surface area contributed by atoms with Gasteiger partial charge in [-0.1, -0.05) is 36.4 Å². The number of aromatic nitrogens is 2. The summed E-state index contributed by atoms with van der Waals surface area (Å²) in [6, 6.07) is 19.4. The van der Waals surface area contributed by atoms with E-state index in [1.165, 1.54) is 4.90 Å². The zero-order valence-electron chi connectivity index (χ0n) is 17.9. The van der Waals surface area contributed by atoms with E-state index in [0.717, 1.165) is 27.4 Å². The van der Waals surface area contributed by atoms with Gasteiger partial charge < -0.3 is 19.4 Å². The fraction of sp³-hybridized carbons (Fsp3) is 0.0741. The third-order valence-electron chi connectivity index (χ3n) is 6.22. The maximum atomic E-state index is 13.7. The molecule has 0 bridgehead atoms. The van der Waals surface area contributed by atoms with Crippen LogP contribution in [0.15, 0.2) is 101 Å². The van der Waals surface area contributed by atoms with E-state index < -0.39 is 23.5 Å². The number of H-pyrrole nitrogens is 1. The fourth-order valence-electron chi connectivity index (χ4n) is 4.60. The van der Waals surface area contributed by atoms with Crippen LogP contribution < -0.4 is 0 Å². The van der Waals surface area contributed by atoms with Crippen LogP contribution in [0.3, 0.4) is 0 Å². The molecule has 0 aliphatic carbocycles. The van der Waals surface area contributed by atoms with Crippen LogP contribution in [0, 0.1) is 0 Å². The minimum atomic E-state index is -0.794. The molecule has 0 saturated carbocycles. The van der Waals surface area contributed by atoms with Gasteiger partial charge in [-0.3, -0.25) is 14.6 Å². The number of Topliss-reactive ketones (excluding diaryl/α,β-unsaturated/α-hetero) is 1. The maximum Gasteiger partial charge on any atom is 0.290 e. The van der Waals surface area contributed by atoms with E-state index in [1.54, 1.807) is 42.9 Å². The lowest BCUT2D eigenvalue weighted by Crippen LogP contribution is -2.30. The van der Waals surface area contributed by atoms with Gasteiger partial charge in [-0.25, -0.2) is 0 Å². The highest BCUT2D eigenvalue weighted by Crippen LogP contribution is 2.42. The van der Waals surface area contributed by atoms with Crippen molar-refractivity contribution in [2.45, 2.75) is 12.6 Å². The van der Waals surface area contributed by atoms with Crippen LogP contribution in [0.1, 0.15) is 27.7 Å². The monoisotopic (exact) mass is 449 g/mol. The number of aliphatic hydroxyl groups is 1. The van der Waals surface area contributed by atoms with Crippen molar-refractivity contribution in [1.82, 2.24) is 14.9 Å². The van der Waals surface area contributed by atoms with Gasteiger partial charge >= 0.3 is 0 Å². The van der Waals surface area contributed by atoms with Crippen LogP contribution >= 0.6 is 0 Å². The number of carbonyl (C=O) groups is 2. The second kappa shape index (κ2) is 7.74. The predicted octanol–water partition coefficient (Wildman–Crippen LogP) is 5.09. The molecule has 34 heavy (non-hydrogen) atoms. The second-order valence-corrected chi connectivity index (χ2v) is 8.22. The molecule has 1 atom stereocenters. The molecule has 166 valence electrons. The van der Waals surface area contributed by atoms with E-state index in [0.29, 0.717) is 5.58 Å². The molecule has 0 radical (unpaired) electrons.